The summed E-state index contributed by atoms with van der Waals surface area (Å²) < 4.78 is 26.9. The number of nitro groups is 1. The van der Waals surface area contributed by atoms with Crippen LogP contribution < -0.4 is 9.79 Å². The number of hydrogen-bond donors (Lipinski definition) is 2. The normalized spacial score (nSPS) is 11.2. The Morgan fingerprint density at radius 3 is 2.64 bits per heavy atom. The summed E-state index contributed by atoms with van der Waals surface area (Å²) in [6.07, 6.45) is 1.27. The van der Waals surface area contributed by atoms with E-state index in [0.717, 1.165) is 16.4 Å². The van der Waals surface area contributed by atoms with E-state index in [4.69, 9.17) is 5.21 Å². The number of hydrogen-bond acceptors (Lipinski definition) is 7. The average molecular weight is 402 g/mol. The highest BCUT2D eigenvalue weighted by Gasteiger charge is 2.29. The Morgan fingerprint density at radius 1 is 1.18 bits per heavy atom. The van der Waals surface area contributed by atoms with Gasteiger partial charge in [0.25, 0.3) is 21.6 Å². The Balaban J connectivity index is 2.14. The molecule has 3 aromatic rings. The van der Waals surface area contributed by atoms with Gasteiger partial charge >= 0.3 is 0 Å². The van der Waals surface area contributed by atoms with E-state index >= 15 is 0 Å². The van der Waals surface area contributed by atoms with E-state index < -0.39 is 33.1 Å². The topological polar surface area (TPSA) is 143 Å². The second kappa shape index (κ2) is 7.58. The molecule has 0 aliphatic heterocycles. The number of para-hydroxylation sites is 1. The van der Waals surface area contributed by atoms with Gasteiger partial charge in [0.05, 0.1) is 27.2 Å². The van der Waals surface area contributed by atoms with Gasteiger partial charge in [0, 0.05) is 17.5 Å². The molecule has 0 saturated heterocycles. The van der Waals surface area contributed by atoms with Crippen molar-refractivity contribution in [3.05, 3.63) is 70.9 Å². The zero-order valence-electron chi connectivity index (χ0n) is 14.2. The number of amides is 1. The fourth-order valence-electron chi connectivity index (χ4n) is 2.56. The number of rotatable bonds is 6. The van der Waals surface area contributed by atoms with Crippen LogP contribution in [0.4, 0.5) is 11.4 Å². The molecule has 1 aromatic heterocycles. The Hall–Kier alpha value is -3.57. The first-order valence-corrected chi connectivity index (χ1v) is 9.32. The minimum atomic E-state index is -4.37. The van der Waals surface area contributed by atoms with Crippen molar-refractivity contribution in [2.24, 2.45) is 0 Å². The van der Waals surface area contributed by atoms with Gasteiger partial charge in [-0.2, -0.15) is 0 Å². The summed E-state index contributed by atoms with van der Waals surface area (Å²) in [5.74, 6) is -0.984. The number of non-ortho nitro benzene ring substituents is 1. The maximum atomic E-state index is 13.1. The van der Waals surface area contributed by atoms with Gasteiger partial charge in [-0.3, -0.25) is 29.4 Å². The predicted molar refractivity (Wildman–Crippen MR) is 99.3 cm³/mol. The van der Waals surface area contributed by atoms with E-state index in [1.165, 1.54) is 29.9 Å². The lowest BCUT2D eigenvalue weighted by Crippen LogP contribution is -2.40. The molecule has 0 spiro atoms. The van der Waals surface area contributed by atoms with Crippen LogP contribution in [-0.4, -0.2) is 36.0 Å². The summed E-state index contributed by atoms with van der Waals surface area (Å²) in [6, 6.07) is 12.9. The fourth-order valence-corrected chi connectivity index (χ4v) is 4.00. The van der Waals surface area contributed by atoms with Crippen LogP contribution in [0.1, 0.15) is 0 Å². The fraction of sp³-hybridized carbons (Fsp3) is 0.0588. The van der Waals surface area contributed by atoms with Crippen molar-refractivity contribution in [1.29, 1.82) is 0 Å². The third-order valence-corrected chi connectivity index (χ3v) is 5.66. The van der Waals surface area contributed by atoms with Crippen LogP contribution in [-0.2, 0) is 14.8 Å². The van der Waals surface area contributed by atoms with E-state index in [0.29, 0.717) is 10.9 Å². The van der Waals surface area contributed by atoms with Gasteiger partial charge in [0.2, 0.25) is 0 Å². The first-order chi connectivity index (χ1) is 13.3. The second-order valence-corrected chi connectivity index (χ2v) is 7.55. The highest BCUT2D eigenvalue weighted by Crippen LogP contribution is 2.27. The van der Waals surface area contributed by atoms with Gasteiger partial charge in [-0.05, 0) is 18.2 Å². The van der Waals surface area contributed by atoms with E-state index in [1.807, 2.05) is 0 Å². The van der Waals surface area contributed by atoms with Gasteiger partial charge < -0.3 is 0 Å². The molecule has 144 valence electrons. The van der Waals surface area contributed by atoms with Crippen molar-refractivity contribution < 1.29 is 23.3 Å². The molecule has 1 heterocycles. The molecule has 0 aliphatic rings. The maximum absolute atomic E-state index is 13.1. The highest BCUT2D eigenvalue weighted by molar-refractivity contribution is 7.92. The Morgan fingerprint density at radius 2 is 1.93 bits per heavy atom. The minimum Gasteiger partial charge on any atom is -0.289 e. The van der Waals surface area contributed by atoms with E-state index in [9.17, 15) is 23.3 Å². The maximum Gasteiger partial charge on any atom is 0.270 e. The summed E-state index contributed by atoms with van der Waals surface area (Å²) in [7, 11) is -4.37. The molecule has 0 atom stereocenters. The average Bonchev–Trinajstić information content (AvgIpc) is 2.71. The lowest BCUT2D eigenvalue weighted by molar-refractivity contribution is -0.385. The largest absolute Gasteiger partial charge is 0.289 e. The molecular formula is C17H14N4O6S. The number of carbonyl (C=O) groups excluding carboxylic acids is 1. The third kappa shape index (κ3) is 3.75. The second-order valence-electron chi connectivity index (χ2n) is 5.69. The van der Waals surface area contributed by atoms with Crippen molar-refractivity contribution in [3.8, 4) is 0 Å². The molecule has 0 unspecified atom stereocenters. The number of sulfonamides is 1. The number of nitrogens with zero attached hydrogens (tertiary/aromatic N) is 3. The summed E-state index contributed by atoms with van der Waals surface area (Å²) in [6.45, 7) is -0.748. The molecule has 2 N–H and O–H groups in total. The number of carbonyl (C=O) groups is 1. The van der Waals surface area contributed by atoms with E-state index in [2.05, 4.69) is 4.98 Å². The number of fused-ring (bicyclic) bond motifs is 1. The zero-order valence-corrected chi connectivity index (χ0v) is 15.0. The van der Waals surface area contributed by atoms with Crippen LogP contribution in [0.25, 0.3) is 10.9 Å². The lowest BCUT2D eigenvalue weighted by atomic mass is 10.2. The summed E-state index contributed by atoms with van der Waals surface area (Å²) in [5, 5.41) is 20.4. The molecule has 11 heteroatoms. The molecule has 28 heavy (non-hydrogen) atoms. The molecule has 0 radical (unpaired) electrons. The number of pyridine rings is 1. The quantitative estimate of drug-likeness (QED) is 0.364. The van der Waals surface area contributed by atoms with Crippen LogP contribution in [0.3, 0.4) is 0 Å². The molecule has 10 nitrogen and oxygen atoms in total. The molecule has 3 rings (SSSR count). The van der Waals surface area contributed by atoms with Crippen LogP contribution in [0.15, 0.2) is 65.7 Å². The number of hydroxylamine groups is 1. The van der Waals surface area contributed by atoms with E-state index in [-0.39, 0.29) is 10.6 Å². The molecule has 0 bridgehead atoms. The van der Waals surface area contributed by atoms with Gasteiger partial charge in [0.15, 0.2) is 0 Å². The number of aromatic nitrogens is 1. The molecule has 0 saturated carbocycles. The molecule has 0 fully saturated rings. The van der Waals surface area contributed by atoms with Gasteiger partial charge in [-0.25, -0.2) is 13.9 Å². The first kappa shape index (κ1) is 19.2. The Labute approximate surface area is 159 Å². The monoisotopic (exact) mass is 402 g/mol. The van der Waals surface area contributed by atoms with E-state index in [1.54, 1.807) is 24.3 Å². The van der Waals surface area contributed by atoms with Crippen LogP contribution in [0.5, 0.6) is 0 Å². The third-order valence-electron chi connectivity index (χ3n) is 3.89. The van der Waals surface area contributed by atoms with Crippen molar-refractivity contribution >= 4 is 38.2 Å². The first-order valence-electron chi connectivity index (χ1n) is 7.88. The lowest BCUT2D eigenvalue weighted by Gasteiger charge is -2.23. The van der Waals surface area contributed by atoms with Gasteiger partial charge in [-0.1, -0.05) is 24.3 Å². The minimum absolute atomic E-state index is 0.0637. The molecular weight excluding hydrogens is 388 g/mol. The van der Waals surface area contributed by atoms with Crippen molar-refractivity contribution in [3.63, 3.8) is 0 Å². The molecule has 2 aromatic carbocycles. The smallest absolute Gasteiger partial charge is 0.270 e. The zero-order chi connectivity index (χ0) is 20.3. The number of nitro benzene ring substituents is 1. The Bertz CT molecular complexity index is 1170. The van der Waals surface area contributed by atoms with Gasteiger partial charge in [0.1, 0.15) is 6.54 Å². The molecule has 1 amide bonds. The SMILES string of the molecule is O=C(CN(c1cnc2ccccc2c1)S(=O)(=O)c1cccc([N+](=O)[O-])c1)NO. The highest BCUT2D eigenvalue weighted by atomic mass is 32.2. The standard InChI is InChI=1S/C17H14N4O6S/c22-17(19-23)11-20(14-8-12-4-1-2-7-16(12)18-10-14)28(26,27)15-6-3-5-13(9-15)21(24)25/h1-10,23H,11H2,(H,19,22). The predicted octanol–water partition coefficient (Wildman–Crippen LogP) is 1.84. The van der Waals surface area contributed by atoms with Crippen LogP contribution in [0.2, 0.25) is 0 Å². The summed E-state index contributed by atoms with van der Waals surface area (Å²) >= 11 is 0. The molecule has 0 aliphatic carbocycles. The van der Waals surface area contributed by atoms with Crippen molar-refractivity contribution in [1.82, 2.24) is 10.5 Å². The van der Waals surface area contributed by atoms with Crippen LogP contribution in [0, 0.1) is 10.1 Å². The van der Waals surface area contributed by atoms with Crippen molar-refractivity contribution in [2.75, 3.05) is 10.8 Å². The van der Waals surface area contributed by atoms with Crippen molar-refractivity contribution in [2.45, 2.75) is 4.90 Å². The summed E-state index contributed by atoms with van der Waals surface area (Å²) in [4.78, 5) is 25.8. The van der Waals surface area contributed by atoms with Crippen LogP contribution >= 0.6 is 0 Å². The summed E-state index contributed by atoms with van der Waals surface area (Å²) in [5.41, 5.74) is 1.65. The Kier molecular flexibility index (Phi) is 5.20. The van der Waals surface area contributed by atoms with Gasteiger partial charge in [-0.15, -0.1) is 0 Å². The number of nitrogens with one attached hydrogen (secondary N) is 1. The number of benzene rings is 2. The number of anilines is 1.